The highest BCUT2D eigenvalue weighted by atomic mass is 16.6. The fourth-order valence-corrected chi connectivity index (χ4v) is 5.44. The highest BCUT2D eigenvalue weighted by Gasteiger charge is 2.66. The Bertz CT molecular complexity index is 656. The van der Waals surface area contributed by atoms with Gasteiger partial charge in [0.2, 0.25) is 0 Å². The van der Waals surface area contributed by atoms with Crippen molar-refractivity contribution >= 4 is 17.9 Å². The van der Waals surface area contributed by atoms with Crippen LogP contribution in [0.5, 0.6) is 0 Å². The van der Waals surface area contributed by atoms with Crippen molar-refractivity contribution in [3.05, 3.63) is 12.2 Å². The molecule has 1 aliphatic heterocycles. The van der Waals surface area contributed by atoms with Crippen molar-refractivity contribution in [2.24, 2.45) is 23.2 Å². The highest BCUT2D eigenvalue weighted by Crippen LogP contribution is 2.58. The van der Waals surface area contributed by atoms with E-state index < -0.39 is 53.7 Å². The van der Waals surface area contributed by atoms with Crippen molar-refractivity contribution < 1.29 is 33.7 Å². The van der Waals surface area contributed by atoms with Crippen LogP contribution >= 0.6 is 0 Å². The molecule has 0 bridgehead atoms. The highest BCUT2D eigenvalue weighted by molar-refractivity contribution is 5.91. The lowest BCUT2D eigenvalue weighted by Gasteiger charge is -2.43. The summed E-state index contributed by atoms with van der Waals surface area (Å²) in [7, 11) is 0. The number of hydrogen-bond acceptors (Lipinski definition) is 7. The molecule has 26 heavy (non-hydrogen) atoms. The van der Waals surface area contributed by atoms with Gasteiger partial charge in [-0.15, -0.1) is 0 Å². The first-order chi connectivity index (χ1) is 12.1. The van der Waals surface area contributed by atoms with Crippen LogP contribution in [0.15, 0.2) is 12.2 Å². The first-order valence-corrected chi connectivity index (χ1v) is 8.99. The van der Waals surface area contributed by atoms with Crippen molar-refractivity contribution in [1.82, 2.24) is 0 Å². The Kier molecular flexibility index (Phi) is 4.63. The van der Waals surface area contributed by atoms with E-state index in [4.69, 9.17) is 14.2 Å². The molecule has 3 rings (SSSR count). The number of rotatable bonds is 2. The standard InChI is InChI=1S/C19H26O7/c1-8-6-12-15(9(2)18(23)26-12)17(25-11(4)21)19(5)14(22)7-13(16(8)19)24-10(3)20/h8,12-17,22H,2,6-7H2,1,3-5H3/t8-,12-,13+,14-,15+,16+,17+,19+/m0/s1. The van der Waals surface area contributed by atoms with Gasteiger partial charge in [0.05, 0.1) is 12.0 Å². The Morgan fingerprint density at radius 3 is 2.42 bits per heavy atom. The van der Waals surface area contributed by atoms with Crippen LogP contribution in [0.3, 0.4) is 0 Å². The van der Waals surface area contributed by atoms with E-state index in [1.54, 1.807) is 0 Å². The molecule has 7 nitrogen and oxygen atoms in total. The van der Waals surface area contributed by atoms with Gasteiger partial charge >= 0.3 is 17.9 Å². The normalized spacial score (nSPS) is 44.6. The minimum Gasteiger partial charge on any atom is -0.462 e. The van der Waals surface area contributed by atoms with Crippen LogP contribution in [0.1, 0.15) is 40.5 Å². The van der Waals surface area contributed by atoms with E-state index in [-0.39, 0.29) is 23.8 Å². The lowest BCUT2D eigenvalue weighted by Crippen LogP contribution is -2.51. The summed E-state index contributed by atoms with van der Waals surface area (Å²) in [5.74, 6) is -2.18. The van der Waals surface area contributed by atoms with Gasteiger partial charge in [-0.2, -0.15) is 0 Å². The topological polar surface area (TPSA) is 99.1 Å². The Hall–Kier alpha value is -1.89. The maximum atomic E-state index is 12.1. The lowest BCUT2D eigenvalue weighted by atomic mass is 9.66. The maximum Gasteiger partial charge on any atom is 0.334 e. The molecular formula is C19H26O7. The molecule has 7 heteroatoms. The SMILES string of the molecule is C=C1C(=O)O[C@H]2C[C@H](C)[C@@H]3[C@H](OC(C)=O)C[C@H](O)[C@@]3(C)[C@H](OC(C)=O)[C@H]12. The van der Waals surface area contributed by atoms with Gasteiger partial charge < -0.3 is 19.3 Å². The molecule has 1 heterocycles. The first kappa shape index (κ1) is 18.9. The van der Waals surface area contributed by atoms with E-state index >= 15 is 0 Å². The zero-order valence-corrected chi connectivity index (χ0v) is 15.6. The quantitative estimate of drug-likeness (QED) is 0.448. The van der Waals surface area contributed by atoms with Gasteiger partial charge in [0.15, 0.2) is 0 Å². The van der Waals surface area contributed by atoms with Gasteiger partial charge in [0.25, 0.3) is 0 Å². The minimum absolute atomic E-state index is 0.0201. The van der Waals surface area contributed by atoms with E-state index in [1.165, 1.54) is 13.8 Å². The maximum absolute atomic E-state index is 12.1. The monoisotopic (exact) mass is 366 g/mol. The molecule has 3 fully saturated rings. The van der Waals surface area contributed by atoms with Crippen LogP contribution in [0, 0.1) is 23.2 Å². The Labute approximate surface area is 152 Å². The predicted octanol–water partition coefficient (Wildman–Crippen LogP) is 1.37. The Balaban J connectivity index is 2.10. The lowest BCUT2D eigenvalue weighted by molar-refractivity contribution is -0.170. The molecule has 0 radical (unpaired) electrons. The van der Waals surface area contributed by atoms with Gasteiger partial charge in [0.1, 0.15) is 18.3 Å². The summed E-state index contributed by atoms with van der Waals surface area (Å²) in [5.41, 5.74) is -0.625. The summed E-state index contributed by atoms with van der Waals surface area (Å²) in [6, 6.07) is 0. The molecule has 0 aromatic rings. The minimum atomic E-state index is -0.887. The number of esters is 3. The van der Waals surface area contributed by atoms with Crippen LogP contribution in [0.4, 0.5) is 0 Å². The van der Waals surface area contributed by atoms with Crippen molar-refractivity contribution in [2.45, 2.75) is 65.0 Å². The Morgan fingerprint density at radius 2 is 1.85 bits per heavy atom. The molecule has 0 amide bonds. The molecule has 0 aromatic carbocycles. The van der Waals surface area contributed by atoms with Crippen LogP contribution in [0.25, 0.3) is 0 Å². The molecule has 2 saturated carbocycles. The molecule has 0 unspecified atom stereocenters. The van der Waals surface area contributed by atoms with Crippen LogP contribution in [0.2, 0.25) is 0 Å². The third-order valence-electron chi connectivity index (χ3n) is 6.38. The van der Waals surface area contributed by atoms with Crippen molar-refractivity contribution in [2.75, 3.05) is 0 Å². The summed E-state index contributed by atoms with van der Waals surface area (Å²) in [4.78, 5) is 35.5. The summed E-state index contributed by atoms with van der Waals surface area (Å²) in [5, 5.41) is 10.9. The number of ether oxygens (including phenoxy) is 3. The number of fused-ring (bicyclic) bond motifs is 2. The van der Waals surface area contributed by atoms with Gasteiger partial charge in [-0.3, -0.25) is 9.59 Å². The molecule has 0 aromatic heterocycles. The van der Waals surface area contributed by atoms with Crippen molar-refractivity contribution in [3.8, 4) is 0 Å². The van der Waals surface area contributed by atoms with Crippen molar-refractivity contribution in [3.63, 3.8) is 0 Å². The summed E-state index contributed by atoms with van der Waals surface area (Å²) >= 11 is 0. The zero-order chi connectivity index (χ0) is 19.4. The van der Waals surface area contributed by atoms with Crippen LogP contribution in [-0.2, 0) is 28.6 Å². The predicted molar refractivity (Wildman–Crippen MR) is 89.6 cm³/mol. The van der Waals surface area contributed by atoms with Crippen LogP contribution < -0.4 is 0 Å². The second-order valence-electron chi connectivity index (χ2n) is 8.03. The molecule has 8 atom stereocenters. The average Bonchev–Trinajstić information content (AvgIpc) is 2.88. The van der Waals surface area contributed by atoms with Crippen molar-refractivity contribution in [1.29, 1.82) is 0 Å². The fourth-order valence-electron chi connectivity index (χ4n) is 5.44. The number of hydrogen-bond donors (Lipinski definition) is 1. The molecule has 144 valence electrons. The van der Waals surface area contributed by atoms with Gasteiger partial charge in [-0.25, -0.2) is 4.79 Å². The number of aliphatic hydroxyl groups is 1. The van der Waals surface area contributed by atoms with E-state index in [9.17, 15) is 19.5 Å². The van der Waals surface area contributed by atoms with E-state index in [2.05, 4.69) is 6.58 Å². The van der Waals surface area contributed by atoms with Gasteiger partial charge in [0, 0.05) is 37.2 Å². The molecule has 1 N–H and O–H groups in total. The third kappa shape index (κ3) is 2.73. The molecule has 0 spiro atoms. The zero-order valence-electron chi connectivity index (χ0n) is 15.6. The summed E-state index contributed by atoms with van der Waals surface area (Å²) in [6.07, 6.45) is -1.80. The largest absolute Gasteiger partial charge is 0.462 e. The molecule has 3 aliphatic rings. The number of aliphatic hydroxyl groups excluding tert-OH is 1. The molecular weight excluding hydrogens is 340 g/mol. The smallest absolute Gasteiger partial charge is 0.334 e. The Morgan fingerprint density at radius 1 is 1.23 bits per heavy atom. The second kappa shape index (κ2) is 6.37. The fraction of sp³-hybridized carbons (Fsp3) is 0.737. The first-order valence-electron chi connectivity index (χ1n) is 8.99. The number of carbonyl (C=O) groups excluding carboxylic acids is 3. The average molecular weight is 366 g/mol. The summed E-state index contributed by atoms with van der Waals surface area (Å²) < 4.78 is 16.6. The number of carbonyl (C=O) groups is 3. The van der Waals surface area contributed by atoms with E-state index in [0.717, 1.165) is 0 Å². The van der Waals surface area contributed by atoms with Gasteiger partial charge in [-0.05, 0) is 12.3 Å². The van der Waals surface area contributed by atoms with E-state index in [0.29, 0.717) is 6.42 Å². The molecule has 2 aliphatic carbocycles. The van der Waals surface area contributed by atoms with Gasteiger partial charge in [-0.1, -0.05) is 20.4 Å². The summed E-state index contributed by atoms with van der Waals surface area (Å²) in [6.45, 7) is 10.3. The molecule has 1 saturated heterocycles. The second-order valence-corrected chi connectivity index (χ2v) is 8.03. The third-order valence-corrected chi connectivity index (χ3v) is 6.38. The van der Waals surface area contributed by atoms with E-state index in [1.807, 2.05) is 13.8 Å². The van der Waals surface area contributed by atoms with Crippen LogP contribution in [-0.4, -0.2) is 47.4 Å².